The number of hydrogen-bond acceptors (Lipinski definition) is 8. The number of aliphatic hydroxyl groups excluding tert-OH is 2. The molecule has 0 rings (SSSR count). The van der Waals surface area contributed by atoms with E-state index in [1.165, 1.54) is 0 Å². The molecule has 0 bridgehead atoms. The second-order valence-corrected chi connectivity index (χ2v) is 2.67. The first kappa shape index (κ1) is 12.7. The summed E-state index contributed by atoms with van der Waals surface area (Å²) in [6, 6.07) is 0. The van der Waals surface area contributed by atoms with Crippen LogP contribution in [0.1, 0.15) is 0 Å². The van der Waals surface area contributed by atoms with Crippen molar-refractivity contribution in [3.63, 3.8) is 0 Å². The minimum Gasteiger partial charge on any atom is -0.395 e. The normalized spacial score (nSPS) is 14.8. The van der Waals surface area contributed by atoms with E-state index >= 15 is 0 Å². The molecular weight excluding hydrogens is 188 g/mol. The quantitative estimate of drug-likeness (QED) is 0.210. The van der Waals surface area contributed by atoms with Crippen LogP contribution < -0.4 is 0 Å². The van der Waals surface area contributed by atoms with E-state index in [-0.39, 0.29) is 0 Å². The Morgan fingerprint density at radius 2 is 0.846 bits per heavy atom. The molecule has 13 heavy (non-hydrogen) atoms. The summed E-state index contributed by atoms with van der Waals surface area (Å²) in [7, 11) is 0. The molecule has 0 aliphatic carbocycles. The van der Waals surface area contributed by atoms with E-state index in [1.54, 1.807) is 0 Å². The second-order valence-electron chi connectivity index (χ2n) is 2.67. The third-order valence-electron chi connectivity index (χ3n) is 1.82. The van der Waals surface area contributed by atoms with Gasteiger partial charge in [-0.3, -0.25) is 0 Å². The van der Waals surface area contributed by atoms with Gasteiger partial charge >= 0.3 is 0 Å². The first-order valence-corrected chi connectivity index (χ1v) is 3.18. The minimum absolute atomic E-state index is 1.48. The van der Waals surface area contributed by atoms with E-state index in [4.69, 9.17) is 40.9 Å². The van der Waals surface area contributed by atoms with Gasteiger partial charge in [0.05, 0.1) is 13.2 Å². The Bertz CT molecular complexity index is 144. The molecule has 8 N–H and O–H groups in total. The SMILES string of the molecule is OCC(CO)(C(O)(O)O)C(O)(O)O. The highest BCUT2D eigenvalue weighted by Crippen LogP contribution is 2.35. The fourth-order valence-electron chi connectivity index (χ4n) is 0.699. The first-order valence-electron chi connectivity index (χ1n) is 3.18. The third-order valence-corrected chi connectivity index (χ3v) is 1.82. The predicted octanol–water partition coefficient (Wildman–Crippen LogP) is -4.78. The van der Waals surface area contributed by atoms with Gasteiger partial charge in [0.25, 0.3) is 11.9 Å². The van der Waals surface area contributed by atoms with E-state index in [9.17, 15) is 0 Å². The zero-order valence-corrected chi connectivity index (χ0v) is 6.49. The molecule has 0 aliphatic heterocycles. The molecule has 0 atom stereocenters. The van der Waals surface area contributed by atoms with E-state index < -0.39 is 30.6 Å². The Balaban J connectivity index is 5.17. The van der Waals surface area contributed by atoms with E-state index in [1.807, 2.05) is 0 Å². The molecule has 0 aromatic heterocycles. The molecule has 0 heterocycles. The fraction of sp³-hybridized carbons (Fsp3) is 1.00. The van der Waals surface area contributed by atoms with Crippen molar-refractivity contribution in [3.05, 3.63) is 0 Å². The van der Waals surface area contributed by atoms with Crippen LogP contribution in [0.3, 0.4) is 0 Å². The molecule has 80 valence electrons. The Morgan fingerprint density at radius 1 is 0.615 bits per heavy atom. The zero-order valence-electron chi connectivity index (χ0n) is 6.49. The number of aliphatic hydroxyl groups is 8. The monoisotopic (exact) mass is 200 g/mol. The summed E-state index contributed by atoms with van der Waals surface area (Å²) < 4.78 is 0. The molecule has 0 aliphatic rings. The van der Waals surface area contributed by atoms with Crippen LogP contribution in [0.25, 0.3) is 0 Å². The Hall–Kier alpha value is -0.320. The highest BCUT2D eigenvalue weighted by molar-refractivity contribution is 4.90. The Morgan fingerprint density at radius 3 is 0.846 bits per heavy atom. The van der Waals surface area contributed by atoms with Crippen molar-refractivity contribution >= 4 is 0 Å². The number of rotatable bonds is 4. The summed E-state index contributed by atoms with van der Waals surface area (Å²) in [6.45, 7) is -2.95. The lowest BCUT2D eigenvalue weighted by Gasteiger charge is -2.41. The molecule has 0 radical (unpaired) electrons. The molecule has 0 fully saturated rings. The van der Waals surface area contributed by atoms with Gasteiger partial charge < -0.3 is 40.9 Å². The Labute approximate surface area is 72.6 Å². The molecule has 8 nitrogen and oxygen atoms in total. The highest BCUT2D eigenvalue weighted by Gasteiger charge is 2.62. The van der Waals surface area contributed by atoms with Crippen molar-refractivity contribution in [2.45, 2.75) is 11.9 Å². The van der Waals surface area contributed by atoms with Crippen LogP contribution >= 0.6 is 0 Å². The topological polar surface area (TPSA) is 162 Å². The van der Waals surface area contributed by atoms with Crippen LogP contribution in [-0.2, 0) is 0 Å². The van der Waals surface area contributed by atoms with Gasteiger partial charge in [-0.25, -0.2) is 0 Å². The van der Waals surface area contributed by atoms with Gasteiger partial charge in [0.2, 0.25) is 0 Å². The van der Waals surface area contributed by atoms with Crippen molar-refractivity contribution in [3.8, 4) is 0 Å². The molecule has 0 aromatic rings. The number of hydrogen-bond donors (Lipinski definition) is 8. The Kier molecular flexibility index (Phi) is 3.36. The third kappa shape index (κ3) is 1.95. The predicted molar refractivity (Wildman–Crippen MR) is 35.4 cm³/mol. The van der Waals surface area contributed by atoms with Gasteiger partial charge in [0.1, 0.15) is 0 Å². The van der Waals surface area contributed by atoms with Gasteiger partial charge in [0, 0.05) is 0 Å². The molecule has 0 saturated heterocycles. The first-order chi connectivity index (χ1) is 5.62. The summed E-state index contributed by atoms with van der Waals surface area (Å²) in [6.07, 6.45) is 0. The maximum Gasteiger partial charge on any atom is 0.294 e. The summed E-state index contributed by atoms with van der Waals surface area (Å²) in [5.74, 6) is -7.70. The van der Waals surface area contributed by atoms with Gasteiger partial charge in [-0.05, 0) is 0 Å². The fourth-order valence-corrected chi connectivity index (χ4v) is 0.699. The van der Waals surface area contributed by atoms with Gasteiger partial charge in [0.15, 0.2) is 5.41 Å². The van der Waals surface area contributed by atoms with Gasteiger partial charge in [-0.1, -0.05) is 0 Å². The smallest absolute Gasteiger partial charge is 0.294 e. The van der Waals surface area contributed by atoms with Crippen molar-refractivity contribution in [2.24, 2.45) is 5.41 Å². The van der Waals surface area contributed by atoms with Crippen LogP contribution in [-0.4, -0.2) is 66.0 Å². The van der Waals surface area contributed by atoms with E-state index in [2.05, 4.69) is 0 Å². The van der Waals surface area contributed by atoms with E-state index in [0.29, 0.717) is 0 Å². The van der Waals surface area contributed by atoms with Crippen molar-refractivity contribution < 1.29 is 40.9 Å². The summed E-state index contributed by atoms with van der Waals surface area (Å²) in [5.41, 5.74) is -3.10. The molecule has 0 aromatic carbocycles. The second kappa shape index (κ2) is 3.44. The molecule has 0 amide bonds. The van der Waals surface area contributed by atoms with Crippen LogP contribution in [0.5, 0.6) is 0 Å². The summed E-state index contributed by atoms with van der Waals surface area (Å²) in [4.78, 5) is 0. The van der Waals surface area contributed by atoms with Crippen molar-refractivity contribution in [1.29, 1.82) is 0 Å². The van der Waals surface area contributed by atoms with Gasteiger partial charge in [-0.2, -0.15) is 0 Å². The zero-order chi connectivity index (χ0) is 10.9. The van der Waals surface area contributed by atoms with Crippen LogP contribution in [0.2, 0.25) is 0 Å². The average Bonchev–Trinajstić information content (AvgIpc) is 1.84. The van der Waals surface area contributed by atoms with E-state index in [0.717, 1.165) is 0 Å². The summed E-state index contributed by atoms with van der Waals surface area (Å²) in [5, 5.41) is 68.5. The highest BCUT2D eigenvalue weighted by atomic mass is 16.7. The average molecular weight is 200 g/mol. The minimum atomic E-state index is -3.85. The van der Waals surface area contributed by atoms with Crippen LogP contribution in [0.15, 0.2) is 0 Å². The lowest BCUT2D eigenvalue weighted by atomic mass is 9.84. The largest absolute Gasteiger partial charge is 0.395 e. The maximum absolute atomic E-state index is 8.57. The molecule has 8 heteroatoms. The maximum atomic E-state index is 8.57. The summed E-state index contributed by atoms with van der Waals surface area (Å²) >= 11 is 0. The van der Waals surface area contributed by atoms with Gasteiger partial charge in [-0.15, -0.1) is 0 Å². The molecule has 0 saturated carbocycles. The molecule has 0 unspecified atom stereocenters. The lowest BCUT2D eigenvalue weighted by molar-refractivity contribution is -0.489. The molecule has 0 spiro atoms. The lowest BCUT2D eigenvalue weighted by Crippen LogP contribution is -2.66. The van der Waals surface area contributed by atoms with Crippen molar-refractivity contribution in [2.75, 3.05) is 13.2 Å². The van der Waals surface area contributed by atoms with Crippen molar-refractivity contribution in [1.82, 2.24) is 0 Å². The van der Waals surface area contributed by atoms with Crippen LogP contribution in [0, 0.1) is 5.41 Å². The standard InChI is InChI=1S/C5H12O8/c6-1-3(2-7,4(8,9)10)5(11,12)13/h6-13H,1-2H2. The van der Waals surface area contributed by atoms with Crippen LogP contribution in [0.4, 0.5) is 0 Å². The molecular formula is C5H12O8.